The number of nitrogens with zero attached hydrogens (tertiary/aromatic N) is 1. The summed E-state index contributed by atoms with van der Waals surface area (Å²) in [5.74, 6) is 0.409. The second-order valence-corrected chi connectivity index (χ2v) is 7.44. The minimum absolute atomic E-state index is 0.123. The quantitative estimate of drug-likeness (QED) is 0.705. The van der Waals surface area contributed by atoms with Crippen LogP contribution < -0.4 is 24.3 Å². The molecule has 0 saturated carbocycles. The van der Waals surface area contributed by atoms with Crippen LogP contribution in [0.25, 0.3) is 0 Å². The van der Waals surface area contributed by atoms with Crippen molar-refractivity contribution in [1.82, 2.24) is 4.90 Å². The summed E-state index contributed by atoms with van der Waals surface area (Å²) in [7, 11) is 2.88. The van der Waals surface area contributed by atoms with E-state index in [4.69, 9.17) is 23.7 Å². The molecule has 2 aromatic carbocycles. The monoisotopic (exact) mass is 440 g/mol. The Morgan fingerprint density at radius 1 is 1.09 bits per heavy atom. The van der Waals surface area contributed by atoms with Crippen molar-refractivity contribution in [3.63, 3.8) is 0 Å². The van der Waals surface area contributed by atoms with Crippen molar-refractivity contribution < 1.29 is 38.1 Å². The SMILES string of the molecule is COc1ccc2c(c1OC)C(=O)O[C@@H]2N1C(=O)CC[C@H]1C(=O)Nc1ccc2c(c1)OCO2. The molecule has 0 bridgehead atoms. The Morgan fingerprint density at radius 3 is 2.69 bits per heavy atom. The first-order chi connectivity index (χ1) is 15.5. The highest BCUT2D eigenvalue weighted by Gasteiger charge is 2.47. The number of benzene rings is 2. The van der Waals surface area contributed by atoms with Gasteiger partial charge in [-0.2, -0.15) is 0 Å². The number of hydrogen-bond acceptors (Lipinski definition) is 8. The van der Waals surface area contributed by atoms with E-state index in [2.05, 4.69) is 5.32 Å². The number of likely N-dealkylation sites (tertiary alicyclic amines) is 1. The Balaban J connectivity index is 1.43. The molecule has 3 aliphatic heterocycles. The molecule has 10 nitrogen and oxygen atoms in total. The molecule has 0 radical (unpaired) electrons. The fraction of sp³-hybridized carbons (Fsp3) is 0.318. The number of hydrogen-bond donors (Lipinski definition) is 1. The number of ether oxygens (including phenoxy) is 5. The van der Waals surface area contributed by atoms with Crippen LogP contribution in [0.3, 0.4) is 0 Å². The maximum Gasteiger partial charge on any atom is 0.344 e. The van der Waals surface area contributed by atoms with Crippen LogP contribution >= 0.6 is 0 Å². The number of fused-ring (bicyclic) bond motifs is 2. The zero-order chi connectivity index (χ0) is 22.4. The van der Waals surface area contributed by atoms with Crippen LogP contribution in [0.2, 0.25) is 0 Å². The van der Waals surface area contributed by atoms with Crippen LogP contribution in [0.1, 0.15) is 35.0 Å². The third kappa shape index (κ3) is 3.06. The van der Waals surface area contributed by atoms with Crippen molar-refractivity contribution in [2.75, 3.05) is 26.3 Å². The van der Waals surface area contributed by atoms with Gasteiger partial charge in [-0.1, -0.05) is 0 Å². The van der Waals surface area contributed by atoms with Crippen LogP contribution in [0, 0.1) is 0 Å². The summed E-state index contributed by atoms with van der Waals surface area (Å²) in [6.07, 6.45) is -0.568. The largest absolute Gasteiger partial charge is 0.493 e. The van der Waals surface area contributed by atoms with Crippen LogP contribution in [0.15, 0.2) is 30.3 Å². The number of methoxy groups -OCH3 is 2. The zero-order valence-electron chi connectivity index (χ0n) is 17.4. The van der Waals surface area contributed by atoms with Crippen molar-refractivity contribution >= 4 is 23.5 Å². The lowest BCUT2D eigenvalue weighted by Crippen LogP contribution is -2.43. The number of rotatable bonds is 5. The summed E-state index contributed by atoms with van der Waals surface area (Å²) in [6.45, 7) is 0.123. The molecule has 0 spiro atoms. The van der Waals surface area contributed by atoms with E-state index in [0.717, 1.165) is 0 Å². The smallest absolute Gasteiger partial charge is 0.344 e. The number of carbonyl (C=O) groups excluding carboxylic acids is 3. The highest BCUT2D eigenvalue weighted by atomic mass is 16.7. The summed E-state index contributed by atoms with van der Waals surface area (Å²) >= 11 is 0. The second kappa shape index (κ2) is 7.63. The van der Waals surface area contributed by atoms with E-state index in [1.165, 1.54) is 19.1 Å². The number of esters is 1. The fourth-order valence-electron chi connectivity index (χ4n) is 4.24. The van der Waals surface area contributed by atoms with Crippen LogP contribution in [0.5, 0.6) is 23.0 Å². The van der Waals surface area contributed by atoms with Gasteiger partial charge in [0.2, 0.25) is 24.8 Å². The van der Waals surface area contributed by atoms with E-state index < -0.39 is 18.2 Å². The molecule has 10 heteroatoms. The lowest BCUT2D eigenvalue weighted by Gasteiger charge is -2.29. The van der Waals surface area contributed by atoms with Gasteiger partial charge in [0.15, 0.2) is 23.0 Å². The predicted octanol–water partition coefficient (Wildman–Crippen LogP) is 2.23. The highest BCUT2D eigenvalue weighted by Crippen LogP contribution is 2.45. The summed E-state index contributed by atoms with van der Waals surface area (Å²) in [5.41, 5.74) is 1.14. The molecule has 0 unspecified atom stereocenters. The van der Waals surface area contributed by atoms with Gasteiger partial charge in [-0.3, -0.25) is 14.5 Å². The Bertz CT molecular complexity index is 1130. The number of carbonyl (C=O) groups is 3. The average molecular weight is 440 g/mol. The standard InChI is InChI=1S/C22H20N2O8/c1-28-15-7-4-12-18(19(15)29-2)22(27)32-21(12)24-13(5-8-17(24)25)20(26)23-11-3-6-14-16(9-11)31-10-30-14/h3-4,6-7,9,13,21H,5,8,10H2,1-2H3,(H,23,26)/t13-,21-/m0/s1. The molecule has 1 saturated heterocycles. The maximum atomic E-state index is 13.1. The molecule has 3 heterocycles. The molecule has 3 aliphatic rings. The Morgan fingerprint density at radius 2 is 1.91 bits per heavy atom. The van der Waals surface area contributed by atoms with E-state index in [9.17, 15) is 14.4 Å². The number of amides is 2. The van der Waals surface area contributed by atoms with Gasteiger partial charge in [0.25, 0.3) is 0 Å². The third-order valence-corrected chi connectivity index (χ3v) is 5.72. The van der Waals surface area contributed by atoms with Gasteiger partial charge in [-0.15, -0.1) is 0 Å². The van der Waals surface area contributed by atoms with Crippen LogP contribution in [0.4, 0.5) is 5.69 Å². The minimum Gasteiger partial charge on any atom is -0.493 e. The van der Waals surface area contributed by atoms with Crippen molar-refractivity contribution in [3.8, 4) is 23.0 Å². The van der Waals surface area contributed by atoms with Gasteiger partial charge in [-0.25, -0.2) is 4.79 Å². The Kier molecular flexibility index (Phi) is 4.76. The van der Waals surface area contributed by atoms with Gasteiger partial charge < -0.3 is 29.0 Å². The van der Waals surface area contributed by atoms with Gasteiger partial charge >= 0.3 is 5.97 Å². The second-order valence-electron chi connectivity index (χ2n) is 7.44. The first kappa shape index (κ1) is 20.0. The highest BCUT2D eigenvalue weighted by molar-refractivity contribution is 6.01. The summed E-state index contributed by atoms with van der Waals surface area (Å²) < 4.78 is 26.8. The van der Waals surface area contributed by atoms with E-state index in [1.807, 2.05) is 0 Å². The molecule has 32 heavy (non-hydrogen) atoms. The van der Waals surface area contributed by atoms with Gasteiger partial charge in [0.1, 0.15) is 11.6 Å². The summed E-state index contributed by atoms with van der Waals surface area (Å²) in [4.78, 5) is 39.8. The van der Waals surface area contributed by atoms with Crippen molar-refractivity contribution in [1.29, 1.82) is 0 Å². The van der Waals surface area contributed by atoms with E-state index >= 15 is 0 Å². The van der Waals surface area contributed by atoms with Gasteiger partial charge in [-0.05, 0) is 30.7 Å². The Hall–Kier alpha value is -3.95. The third-order valence-electron chi connectivity index (χ3n) is 5.72. The Labute approximate surface area is 182 Å². The molecule has 1 N–H and O–H groups in total. The number of cyclic esters (lactones) is 1. The van der Waals surface area contributed by atoms with E-state index in [-0.39, 0.29) is 36.3 Å². The maximum absolute atomic E-state index is 13.1. The van der Waals surface area contributed by atoms with Gasteiger partial charge in [0.05, 0.1) is 14.2 Å². The molecule has 0 aliphatic carbocycles. The fourth-order valence-corrected chi connectivity index (χ4v) is 4.24. The van der Waals surface area contributed by atoms with Crippen molar-refractivity contribution in [3.05, 3.63) is 41.5 Å². The molecule has 0 aromatic heterocycles. The molecule has 166 valence electrons. The van der Waals surface area contributed by atoms with E-state index in [0.29, 0.717) is 34.9 Å². The molecule has 2 aromatic rings. The average Bonchev–Trinajstić information content (AvgIpc) is 3.49. The first-order valence-electron chi connectivity index (χ1n) is 9.99. The van der Waals surface area contributed by atoms with Crippen molar-refractivity contribution in [2.24, 2.45) is 0 Å². The number of nitrogens with one attached hydrogen (secondary N) is 1. The summed E-state index contributed by atoms with van der Waals surface area (Å²) in [5, 5.41) is 2.81. The normalized spacial score (nSPS) is 20.8. The van der Waals surface area contributed by atoms with Crippen LogP contribution in [-0.2, 0) is 14.3 Å². The molecular formula is C22H20N2O8. The molecule has 1 fully saturated rings. The molecule has 2 atom stereocenters. The molecule has 5 rings (SSSR count). The topological polar surface area (TPSA) is 113 Å². The predicted molar refractivity (Wildman–Crippen MR) is 109 cm³/mol. The zero-order valence-corrected chi connectivity index (χ0v) is 17.4. The summed E-state index contributed by atoms with van der Waals surface area (Å²) in [6, 6.07) is 7.51. The lowest BCUT2D eigenvalue weighted by atomic mass is 10.1. The molecular weight excluding hydrogens is 420 g/mol. The first-order valence-corrected chi connectivity index (χ1v) is 9.99. The molecule has 2 amide bonds. The van der Waals surface area contributed by atoms with E-state index in [1.54, 1.807) is 30.3 Å². The van der Waals surface area contributed by atoms with Crippen LogP contribution in [-0.4, -0.2) is 49.7 Å². The minimum atomic E-state index is -1.03. The van der Waals surface area contributed by atoms with Gasteiger partial charge in [0, 0.05) is 23.7 Å². The lowest BCUT2D eigenvalue weighted by molar-refractivity contribution is -0.144. The van der Waals surface area contributed by atoms with Crippen molar-refractivity contribution in [2.45, 2.75) is 25.1 Å². The number of anilines is 1.